The van der Waals surface area contributed by atoms with Gasteiger partial charge in [-0.05, 0) is 48.5 Å². The molecule has 0 fully saturated rings. The van der Waals surface area contributed by atoms with Crippen molar-refractivity contribution in [3.8, 4) is 23.3 Å². The van der Waals surface area contributed by atoms with E-state index in [1.807, 2.05) is 0 Å². The van der Waals surface area contributed by atoms with Gasteiger partial charge in [-0.1, -0.05) is 11.8 Å². The number of nitrogens with zero attached hydrogens (tertiary/aromatic N) is 1. The minimum atomic E-state index is -0.488. The van der Waals surface area contributed by atoms with Crippen LogP contribution in [0.1, 0.15) is 32.0 Å². The molecule has 0 radical (unpaired) electrons. The normalized spacial score (nSPS) is 9.87. The molecule has 8 heteroatoms. The number of H-pyrrole nitrogens is 1. The standard InChI is InChI=1S/C23H20N2O6/c1-28-19-9-5-16(6-10-19)22(26)30-13-3-4-18-14-24-25-21(18)15-31-23(27)17-7-11-20(29-2)12-8-17/h5-12,14H,13,15H2,1-2H3,(H,24,25). The number of methoxy groups -OCH3 is 2. The molecule has 0 amide bonds. The van der Waals surface area contributed by atoms with Gasteiger partial charge in [-0.25, -0.2) is 9.59 Å². The summed E-state index contributed by atoms with van der Waals surface area (Å²) >= 11 is 0. The number of hydrogen-bond acceptors (Lipinski definition) is 7. The quantitative estimate of drug-likeness (QED) is 0.463. The van der Waals surface area contributed by atoms with E-state index < -0.39 is 11.9 Å². The van der Waals surface area contributed by atoms with Crippen LogP contribution in [0.4, 0.5) is 0 Å². The third-order valence-corrected chi connectivity index (χ3v) is 4.22. The molecule has 1 N–H and O–H groups in total. The first-order valence-electron chi connectivity index (χ1n) is 9.24. The van der Waals surface area contributed by atoms with Crippen LogP contribution in [0.15, 0.2) is 54.7 Å². The summed E-state index contributed by atoms with van der Waals surface area (Å²) in [4.78, 5) is 24.2. The van der Waals surface area contributed by atoms with Crippen molar-refractivity contribution in [3.05, 3.63) is 77.1 Å². The van der Waals surface area contributed by atoms with Gasteiger partial charge in [0.1, 0.15) is 18.1 Å². The maximum atomic E-state index is 12.2. The van der Waals surface area contributed by atoms with Gasteiger partial charge in [0.25, 0.3) is 0 Å². The Hall–Kier alpha value is -4.25. The van der Waals surface area contributed by atoms with E-state index in [-0.39, 0.29) is 13.2 Å². The number of benzene rings is 2. The Kier molecular flexibility index (Phi) is 7.27. The molecular weight excluding hydrogens is 400 g/mol. The molecule has 2 aromatic carbocycles. The van der Waals surface area contributed by atoms with Gasteiger partial charge >= 0.3 is 11.9 Å². The lowest BCUT2D eigenvalue weighted by atomic mass is 10.2. The van der Waals surface area contributed by atoms with E-state index in [1.54, 1.807) is 62.8 Å². The van der Waals surface area contributed by atoms with Crippen LogP contribution < -0.4 is 9.47 Å². The summed E-state index contributed by atoms with van der Waals surface area (Å²) in [5.41, 5.74) is 1.88. The second-order valence-electron chi connectivity index (χ2n) is 6.17. The van der Waals surface area contributed by atoms with Crippen molar-refractivity contribution in [2.24, 2.45) is 0 Å². The average Bonchev–Trinajstić information content (AvgIpc) is 3.27. The number of rotatable bonds is 7. The maximum Gasteiger partial charge on any atom is 0.339 e. The lowest BCUT2D eigenvalue weighted by molar-refractivity contribution is 0.0466. The fourth-order valence-electron chi connectivity index (χ4n) is 2.52. The third kappa shape index (κ3) is 5.87. The first-order chi connectivity index (χ1) is 15.1. The van der Waals surface area contributed by atoms with Crippen molar-refractivity contribution in [1.29, 1.82) is 0 Å². The number of carbonyl (C=O) groups is 2. The summed E-state index contributed by atoms with van der Waals surface area (Å²) in [6, 6.07) is 13.2. The molecule has 1 aromatic heterocycles. The Morgan fingerprint density at radius 3 is 1.97 bits per heavy atom. The summed E-state index contributed by atoms with van der Waals surface area (Å²) in [5.74, 6) is 5.93. The molecule has 0 unspecified atom stereocenters. The number of aromatic nitrogens is 2. The van der Waals surface area contributed by atoms with Crippen LogP contribution in [0.3, 0.4) is 0 Å². The van der Waals surface area contributed by atoms with Gasteiger partial charge < -0.3 is 18.9 Å². The van der Waals surface area contributed by atoms with Crippen molar-refractivity contribution >= 4 is 11.9 Å². The minimum absolute atomic E-state index is 0.0273. The minimum Gasteiger partial charge on any atom is -0.497 e. The Bertz CT molecular complexity index is 1090. The number of hydrogen-bond donors (Lipinski definition) is 1. The molecule has 0 bridgehead atoms. The third-order valence-electron chi connectivity index (χ3n) is 4.22. The molecule has 0 saturated carbocycles. The second-order valence-corrected chi connectivity index (χ2v) is 6.17. The molecule has 0 aliphatic carbocycles. The van der Waals surface area contributed by atoms with Crippen LogP contribution in [0, 0.1) is 11.8 Å². The molecule has 0 saturated heterocycles. The van der Waals surface area contributed by atoms with Crippen LogP contribution in [0.5, 0.6) is 11.5 Å². The van der Waals surface area contributed by atoms with Crippen molar-refractivity contribution < 1.29 is 28.5 Å². The smallest absolute Gasteiger partial charge is 0.339 e. The summed E-state index contributed by atoms with van der Waals surface area (Å²) in [6.45, 7) is -0.123. The SMILES string of the molecule is COc1ccc(C(=O)OCC#Cc2cn[nH]c2COC(=O)c2ccc(OC)cc2)cc1. The molecule has 1 heterocycles. The van der Waals surface area contributed by atoms with E-state index in [4.69, 9.17) is 18.9 Å². The molecule has 3 rings (SSSR count). The van der Waals surface area contributed by atoms with Gasteiger partial charge in [0.05, 0.1) is 42.8 Å². The van der Waals surface area contributed by atoms with E-state index >= 15 is 0 Å². The molecule has 0 spiro atoms. The number of nitrogens with one attached hydrogen (secondary N) is 1. The Labute approximate surface area is 179 Å². The highest BCUT2D eigenvalue weighted by Crippen LogP contribution is 2.14. The number of ether oxygens (including phenoxy) is 4. The van der Waals surface area contributed by atoms with Crippen LogP contribution in [-0.2, 0) is 16.1 Å². The fraction of sp³-hybridized carbons (Fsp3) is 0.174. The second kappa shape index (κ2) is 10.5. The maximum absolute atomic E-state index is 12.2. The highest BCUT2D eigenvalue weighted by atomic mass is 16.5. The van der Waals surface area contributed by atoms with Crippen LogP contribution >= 0.6 is 0 Å². The first kappa shape index (κ1) is 21.5. The molecule has 3 aromatic rings. The van der Waals surface area contributed by atoms with Gasteiger partial charge in [-0.3, -0.25) is 5.10 Å². The van der Waals surface area contributed by atoms with Crippen LogP contribution in [0.2, 0.25) is 0 Å². The largest absolute Gasteiger partial charge is 0.497 e. The predicted octanol–water partition coefficient (Wildman–Crippen LogP) is 2.99. The van der Waals surface area contributed by atoms with Crippen LogP contribution in [-0.4, -0.2) is 43.0 Å². The van der Waals surface area contributed by atoms with Crippen LogP contribution in [0.25, 0.3) is 0 Å². The number of carbonyl (C=O) groups excluding carboxylic acids is 2. The highest BCUT2D eigenvalue weighted by molar-refractivity contribution is 5.90. The Balaban J connectivity index is 1.51. The average molecular weight is 420 g/mol. The van der Waals surface area contributed by atoms with E-state index in [2.05, 4.69) is 22.0 Å². The molecule has 31 heavy (non-hydrogen) atoms. The molecule has 0 aliphatic heterocycles. The van der Waals surface area contributed by atoms with E-state index in [9.17, 15) is 9.59 Å². The zero-order chi connectivity index (χ0) is 22.1. The van der Waals surface area contributed by atoms with Crippen molar-refractivity contribution in [2.75, 3.05) is 20.8 Å². The highest BCUT2D eigenvalue weighted by Gasteiger charge is 2.10. The topological polar surface area (TPSA) is 99.7 Å². The van der Waals surface area contributed by atoms with Crippen molar-refractivity contribution in [1.82, 2.24) is 10.2 Å². The molecule has 0 atom stereocenters. The predicted molar refractivity (Wildman–Crippen MR) is 111 cm³/mol. The zero-order valence-corrected chi connectivity index (χ0v) is 17.0. The molecular formula is C23H20N2O6. The lowest BCUT2D eigenvalue weighted by Gasteiger charge is -2.05. The van der Waals surface area contributed by atoms with Gasteiger partial charge in [-0.2, -0.15) is 5.10 Å². The van der Waals surface area contributed by atoms with Gasteiger partial charge in [0, 0.05) is 0 Å². The summed E-state index contributed by atoms with van der Waals surface area (Å²) < 4.78 is 20.5. The van der Waals surface area contributed by atoms with Gasteiger partial charge in [0.2, 0.25) is 0 Å². The zero-order valence-electron chi connectivity index (χ0n) is 17.0. The first-order valence-corrected chi connectivity index (χ1v) is 9.24. The Morgan fingerprint density at radius 2 is 1.42 bits per heavy atom. The monoisotopic (exact) mass is 420 g/mol. The molecule has 158 valence electrons. The fourth-order valence-corrected chi connectivity index (χ4v) is 2.52. The molecule has 0 aliphatic rings. The van der Waals surface area contributed by atoms with E-state index in [0.29, 0.717) is 33.9 Å². The van der Waals surface area contributed by atoms with Crippen molar-refractivity contribution in [2.45, 2.75) is 6.61 Å². The van der Waals surface area contributed by atoms with E-state index in [1.165, 1.54) is 6.20 Å². The summed E-state index contributed by atoms with van der Waals surface area (Å²) in [6.07, 6.45) is 1.51. The number of aromatic amines is 1. The van der Waals surface area contributed by atoms with Crippen molar-refractivity contribution in [3.63, 3.8) is 0 Å². The van der Waals surface area contributed by atoms with E-state index in [0.717, 1.165) is 0 Å². The summed E-state index contributed by atoms with van der Waals surface area (Å²) in [5, 5.41) is 6.67. The van der Waals surface area contributed by atoms with Gasteiger partial charge in [0.15, 0.2) is 6.61 Å². The Morgan fingerprint density at radius 1 is 0.871 bits per heavy atom. The molecule has 8 nitrogen and oxygen atoms in total. The number of esters is 2. The van der Waals surface area contributed by atoms with Gasteiger partial charge in [-0.15, -0.1) is 0 Å². The lowest BCUT2D eigenvalue weighted by Crippen LogP contribution is -2.06. The summed E-state index contributed by atoms with van der Waals surface area (Å²) in [7, 11) is 3.10.